The van der Waals surface area contributed by atoms with Crippen molar-refractivity contribution in [2.45, 2.75) is 20.4 Å². The lowest BCUT2D eigenvalue weighted by Gasteiger charge is -2.23. The smallest absolute Gasteiger partial charge is 0.254 e. The molecular weight excluding hydrogens is 348 g/mol. The maximum Gasteiger partial charge on any atom is 0.254 e. The molecule has 0 atom stereocenters. The summed E-state index contributed by atoms with van der Waals surface area (Å²) in [7, 11) is 4.91. The topological polar surface area (TPSA) is 70.1 Å². The monoisotopic (exact) mass is 372 g/mol. The Bertz CT molecular complexity index is 849. The predicted octanol–water partition coefficient (Wildman–Crippen LogP) is 2.76. The van der Waals surface area contributed by atoms with E-state index in [1.807, 2.05) is 13.8 Å². The van der Waals surface area contributed by atoms with E-state index in [1.165, 1.54) is 7.11 Å². The molecule has 1 aliphatic rings. The Morgan fingerprint density at radius 2 is 1.93 bits per heavy atom. The summed E-state index contributed by atoms with van der Waals surface area (Å²) in [5.74, 6) is 2.16. The lowest BCUT2D eigenvalue weighted by Crippen LogP contribution is -2.27. The Kier molecular flexibility index (Phi) is 5.39. The zero-order chi connectivity index (χ0) is 19.6. The number of aryl methyl sites for hydroxylation is 1. The second-order valence-corrected chi connectivity index (χ2v) is 6.41. The van der Waals surface area contributed by atoms with E-state index >= 15 is 0 Å². The van der Waals surface area contributed by atoms with Gasteiger partial charge in [0.2, 0.25) is 5.75 Å². The third-order valence-electron chi connectivity index (χ3n) is 4.56. The number of aromatic nitrogens is 1. The number of ether oxygens (including phenoxy) is 4. The van der Waals surface area contributed by atoms with Gasteiger partial charge in [-0.2, -0.15) is 0 Å². The first-order chi connectivity index (χ1) is 13.0. The second kappa shape index (κ2) is 7.73. The highest BCUT2D eigenvalue weighted by Crippen LogP contribution is 2.40. The van der Waals surface area contributed by atoms with Gasteiger partial charge >= 0.3 is 0 Å². The van der Waals surface area contributed by atoms with Crippen LogP contribution in [-0.4, -0.2) is 50.3 Å². The molecule has 0 bridgehead atoms. The number of hydrogen-bond donors (Lipinski definition) is 0. The molecule has 7 nitrogen and oxygen atoms in total. The average molecular weight is 372 g/mol. The normalized spacial score (nSPS) is 12.5. The van der Waals surface area contributed by atoms with E-state index in [-0.39, 0.29) is 5.91 Å². The Hall–Kier alpha value is -2.96. The quantitative estimate of drug-likeness (QED) is 0.804. The number of amides is 1. The van der Waals surface area contributed by atoms with Gasteiger partial charge < -0.3 is 23.8 Å². The number of carbonyl (C=O) groups is 1. The van der Waals surface area contributed by atoms with Crippen molar-refractivity contribution in [1.29, 1.82) is 0 Å². The minimum Gasteiger partial charge on any atom is -0.496 e. The number of rotatable bonds is 5. The van der Waals surface area contributed by atoms with E-state index in [1.54, 1.807) is 37.4 Å². The molecule has 0 spiro atoms. The van der Waals surface area contributed by atoms with Gasteiger partial charge in [-0.15, -0.1) is 0 Å². The number of pyridine rings is 1. The van der Waals surface area contributed by atoms with Crippen LogP contribution in [0.2, 0.25) is 0 Å². The van der Waals surface area contributed by atoms with Gasteiger partial charge in [-0.25, -0.2) is 0 Å². The van der Waals surface area contributed by atoms with E-state index in [2.05, 4.69) is 4.98 Å². The van der Waals surface area contributed by atoms with Gasteiger partial charge in [0.25, 0.3) is 5.91 Å². The van der Waals surface area contributed by atoms with Crippen LogP contribution in [0.4, 0.5) is 0 Å². The highest BCUT2D eigenvalue weighted by molar-refractivity contribution is 5.95. The molecule has 0 radical (unpaired) electrons. The number of hydrogen-bond acceptors (Lipinski definition) is 6. The molecule has 0 aliphatic carbocycles. The lowest BCUT2D eigenvalue weighted by atomic mass is 10.1. The van der Waals surface area contributed by atoms with Gasteiger partial charge in [-0.1, -0.05) is 0 Å². The van der Waals surface area contributed by atoms with E-state index in [9.17, 15) is 4.79 Å². The maximum atomic E-state index is 13.0. The van der Waals surface area contributed by atoms with E-state index in [0.29, 0.717) is 42.6 Å². The van der Waals surface area contributed by atoms with Crippen LogP contribution in [0.3, 0.4) is 0 Å². The molecule has 3 rings (SSSR count). The van der Waals surface area contributed by atoms with Crippen LogP contribution in [0.1, 0.15) is 27.2 Å². The van der Waals surface area contributed by atoms with Crippen LogP contribution in [0.25, 0.3) is 0 Å². The summed E-state index contributed by atoms with van der Waals surface area (Å²) in [5, 5.41) is 0. The fourth-order valence-corrected chi connectivity index (χ4v) is 3.14. The molecule has 144 valence electrons. The second-order valence-electron chi connectivity index (χ2n) is 6.41. The third-order valence-corrected chi connectivity index (χ3v) is 4.56. The molecule has 1 aromatic heterocycles. The molecule has 27 heavy (non-hydrogen) atoms. The molecule has 2 aromatic rings. The molecule has 1 amide bonds. The minimum absolute atomic E-state index is 0.161. The Morgan fingerprint density at radius 3 is 2.63 bits per heavy atom. The third kappa shape index (κ3) is 3.63. The van der Waals surface area contributed by atoms with E-state index < -0.39 is 0 Å². The van der Waals surface area contributed by atoms with Crippen molar-refractivity contribution in [1.82, 2.24) is 9.88 Å². The van der Waals surface area contributed by atoms with Crippen molar-refractivity contribution in [3.8, 4) is 23.0 Å². The highest BCUT2D eigenvalue weighted by Gasteiger charge is 2.23. The standard InChI is InChI=1S/C20H24N2O5/c1-12-10-21-15(13(2)18(12)25-5)11-22(3)20(23)14-8-16(24-4)19-17(9-14)26-6-7-27-19/h8-10H,6-7,11H2,1-5H3. The first kappa shape index (κ1) is 18.8. The first-order valence-corrected chi connectivity index (χ1v) is 8.68. The van der Waals surface area contributed by atoms with Crippen molar-refractivity contribution in [2.24, 2.45) is 0 Å². The summed E-state index contributed by atoms with van der Waals surface area (Å²) in [5.41, 5.74) is 3.15. The molecule has 1 aromatic carbocycles. The van der Waals surface area contributed by atoms with E-state index in [0.717, 1.165) is 22.6 Å². The molecule has 0 saturated carbocycles. The SMILES string of the molecule is COc1cc(C(=O)N(C)Cc2ncc(C)c(OC)c2C)cc2c1OCCO2. The number of benzene rings is 1. The van der Waals surface area contributed by atoms with Crippen molar-refractivity contribution >= 4 is 5.91 Å². The van der Waals surface area contributed by atoms with Crippen molar-refractivity contribution in [3.63, 3.8) is 0 Å². The van der Waals surface area contributed by atoms with Gasteiger partial charge in [0.15, 0.2) is 11.5 Å². The first-order valence-electron chi connectivity index (χ1n) is 8.68. The zero-order valence-electron chi connectivity index (χ0n) is 16.3. The largest absolute Gasteiger partial charge is 0.496 e. The number of nitrogens with zero attached hydrogens (tertiary/aromatic N) is 2. The number of carbonyl (C=O) groups excluding carboxylic acids is 1. The summed E-state index contributed by atoms with van der Waals surface area (Å²) >= 11 is 0. The average Bonchev–Trinajstić information content (AvgIpc) is 2.69. The van der Waals surface area contributed by atoms with Gasteiger partial charge in [0.05, 0.1) is 26.5 Å². The van der Waals surface area contributed by atoms with Crippen LogP contribution in [-0.2, 0) is 6.54 Å². The number of methoxy groups -OCH3 is 2. The summed E-state index contributed by atoms with van der Waals surface area (Å²) in [6, 6.07) is 3.36. The van der Waals surface area contributed by atoms with Crippen molar-refractivity contribution in [3.05, 3.63) is 40.7 Å². The molecule has 7 heteroatoms. The predicted molar refractivity (Wildman–Crippen MR) is 100 cm³/mol. The maximum absolute atomic E-state index is 13.0. The van der Waals surface area contributed by atoms with Gasteiger partial charge in [-0.3, -0.25) is 9.78 Å². The molecule has 1 aliphatic heterocycles. The Labute approximate surface area is 158 Å². The fraction of sp³-hybridized carbons (Fsp3) is 0.400. The summed E-state index contributed by atoms with van der Waals surface area (Å²) < 4.78 is 22.0. The van der Waals surface area contributed by atoms with Crippen LogP contribution in [0.5, 0.6) is 23.0 Å². The van der Waals surface area contributed by atoms with Gasteiger partial charge in [-0.05, 0) is 26.0 Å². The summed E-state index contributed by atoms with van der Waals surface area (Å²) in [4.78, 5) is 19.0. The molecule has 0 N–H and O–H groups in total. The van der Waals surface area contributed by atoms with Crippen LogP contribution >= 0.6 is 0 Å². The minimum atomic E-state index is -0.161. The highest BCUT2D eigenvalue weighted by atomic mass is 16.6. The summed E-state index contributed by atoms with van der Waals surface area (Å²) in [6.07, 6.45) is 1.76. The number of fused-ring (bicyclic) bond motifs is 1. The Balaban J connectivity index is 1.86. The van der Waals surface area contributed by atoms with Crippen LogP contribution in [0, 0.1) is 13.8 Å². The fourth-order valence-electron chi connectivity index (χ4n) is 3.14. The summed E-state index contributed by atoms with van der Waals surface area (Å²) in [6.45, 7) is 5.14. The molecule has 0 unspecified atom stereocenters. The van der Waals surface area contributed by atoms with Gasteiger partial charge in [0, 0.05) is 29.9 Å². The molecular formula is C20H24N2O5. The Morgan fingerprint density at radius 1 is 1.19 bits per heavy atom. The zero-order valence-corrected chi connectivity index (χ0v) is 16.3. The van der Waals surface area contributed by atoms with E-state index in [4.69, 9.17) is 18.9 Å². The molecule has 0 fully saturated rings. The van der Waals surface area contributed by atoms with Crippen molar-refractivity contribution in [2.75, 3.05) is 34.5 Å². The molecule has 0 saturated heterocycles. The lowest BCUT2D eigenvalue weighted by molar-refractivity contribution is 0.0781. The van der Waals surface area contributed by atoms with Crippen LogP contribution in [0.15, 0.2) is 18.3 Å². The van der Waals surface area contributed by atoms with Gasteiger partial charge in [0.1, 0.15) is 19.0 Å². The molecule has 2 heterocycles. The van der Waals surface area contributed by atoms with Crippen molar-refractivity contribution < 1.29 is 23.7 Å². The van der Waals surface area contributed by atoms with Crippen LogP contribution < -0.4 is 18.9 Å².